The first-order valence-corrected chi connectivity index (χ1v) is 11.2. The monoisotopic (exact) mass is 477 g/mol. The first kappa shape index (κ1) is 22.8. The van der Waals surface area contributed by atoms with Gasteiger partial charge in [0.25, 0.3) is 5.56 Å². The summed E-state index contributed by atoms with van der Waals surface area (Å²) in [4.78, 5) is 26.5. The van der Waals surface area contributed by atoms with Crippen molar-refractivity contribution in [3.63, 3.8) is 0 Å². The van der Waals surface area contributed by atoms with Crippen molar-refractivity contribution < 1.29 is 18.9 Å². The van der Waals surface area contributed by atoms with E-state index in [9.17, 15) is 9.59 Å². The van der Waals surface area contributed by atoms with Crippen molar-refractivity contribution in [2.45, 2.75) is 12.6 Å². The average molecular weight is 478 g/mol. The van der Waals surface area contributed by atoms with Gasteiger partial charge in [-0.2, -0.15) is 0 Å². The summed E-state index contributed by atoms with van der Waals surface area (Å²) in [6, 6.07) is 13.1. The number of hydrogen-bond acceptors (Lipinski definition) is 6. The van der Waals surface area contributed by atoms with Gasteiger partial charge in [-0.3, -0.25) is 13.9 Å². The van der Waals surface area contributed by atoms with Gasteiger partial charge in [0.2, 0.25) is 0 Å². The van der Waals surface area contributed by atoms with Gasteiger partial charge in [-0.1, -0.05) is 0 Å². The third kappa shape index (κ3) is 3.42. The number of fused-ring (bicyclic) bond motifs is 3. The van der Waals surface area contributed by atoms with Crippen LogP contribution in [0.5, 0.6) is 17.2 Å². The van der Waals surface area contributed by atoms with Crippen LogP contribution in [0.25, 0.3) is 22.2 Å². The molecule has 0 radical (unpaired) electrons. The number of rotatable bonds is 5. The Morgan fingerprint density at radius 1 is 0.886 bits per heavy atom. The number of benzene rings is 2. The van der Waals surface area contributed by atoms with Crippen LogP contribution < -0.4 is 25.5 Å². The highest BCUT2D eigenvalue weighted by Gasteiger charge is 2.34. The van der Waals surface area contributed by atoms with E-state index in [0.29, 0.717) is 41.3 Å². The fourth-order valence-corrected chi connectivity index (χ4v) is 4.90. The molecule has 2 aromatic carbocycles. The quantitative estimate of drug-likeness (QED) is 0.440. The average Bonchev–Trinajstić information content (AvgIpc) is 3.26. The lowest BCUT2D eigenvalue weighted by molar-refractivity contribution is 0.0463. The zero-order valence-corrected chi connectivity index (χ0v) is 20.3. The molecule has 35 heavy (non-hydrogen) atoms. The first-order valence-electron chi connectivity index (χ1n) is 11.2. The van der Waals surface area contributed by atoms with E-state index in [4.69, 9.17) is 18.9 Å². The maximum Gasteiger partial charge on any atom is 0.331 e. The van der Waals surface area contributed by atoms with Gasteiger partial charge in [0.15, 0.2) is 0 Å². The zero-order valence-electron chi connectivity index (χ0n) is 20.3. The molecular formula is C26H27N3O6. The molecule has 9 heteroatoms. The van der Waals surface area contributed by atoms with Gasteiger partial charge in [-0.05, 0) is 42.0 Å². The van der Waals surface area contributed by atoms with E-state index >= 15 is 0 Å². The van der Waals surface area contributed by atoms with Crippen LogP contribution in [0, 0.1) is 0 Å². The number of hydrogen-bond donors (Lipinski definition) is 0. The zero-order chi connectivity index (χ0) is 24.9. The van der Waals surface area contributed by atoms with Gasteiger partial charge in [0.05, 0.1) is 50.2 Å². The molecule has 0 N–H and O–H groups in total. The van der Waals surface area contributed by atoms with E-state index in [-0.39, 0.29) is 5.56 Å². The number of ether oxygens (including phenoxy) is 4. The van der Waals surface area contributed by atoms with Gasteiger partial charge in [0.1, 0.15) is 23.4 Å². The largest absolute Gasteiger partial charge is 0.497 e. The highest BCUT2D eigenvalue weighted by Crippen LogP contribution is 2.43. The Balaban J connectivity index is 1.88. The van der Waals surface area contributed by atoms with Crippen LogP contribution in [0.15, 0.2) is 52.1 Å². The normalized spacial score (nSPS) is 15.2. The van der Waals surface area contributed by atoms with Crippen LogP contribution in [-0.4, -0.2) is 41.6 Å². The van der Waals surface area contributed by atoms with Gasteiger partial charge in [-0.25, -0.2) is 4.79 Å². The molecule has 0 aliphatic carbocycles. The Morgan fingerprint density at radius 2 is 1.57 bits per heavy atom. The van der Waals surface area contributed by atoms with Gasteiger partial charge in [0, 0.05) is 32.3 Å². The van der Waals surface area contributed by atoms with Crippen LogP contribution in [0.3, 0.4) is 0 Å². The summed E-state index contributed by atoms with van der Waals surface area (Å²) in [5, 5.41) is 0.470. The number of methoxy groups -OCH3 is 3. The van der Waals surface area contributed by atoms with Crippen molar-refractivity contribution in [3.05, 3.63) is 74.6 Å². The Labute approximate surface area is 201 Å². The third-order valence-electron chi connectivity index (χ3n) is 6.64. The molecule has 9 nitrogen and oxygen atoms in total. The molecule has 4 aromatic rings. The molecular weight excluding hydrogens is 450 g/mol. The Morgan fingerprint density at radius 3 is 2.23 bits per heavy atom. The van der Waals surface area contributed by atoms with E-state index in [0.717, 1.165) is 27.1 Å². The minimum absolute atomic E-state index is 0.351. The standard InChI is InChI=1S/C26H27N3O6/c1-27-22-20(25(30)28(2)26(27)31)21(15-6-8-16(32-3)9-7-15)29-12-13-35-24(23(22)29)18-11-10-17(33-4)14-19(18)34-5/h6-11,14,24H,12-13H2,1-5H3. The Hall–Kier alpha value is -3.98. The van der Waals surface area contributed by atoms with E-state index in [1.165, 1.54) is 11.6 Å². The maximum atomic E-state index is 13.5. The summed E-state index contributed by atoms with van der Waals surface area (Å²) in [5.41, 5.74) is 2.90. The summed E-state index contributed by atoms with van der Waals surface area (Å²) in [6.45, 7) is 0.947. The molecule has 0 amide bonds. The molecule has 0 spiro atoms. The maximum absolute atomic E-state index is 13.5. The summed E-state index contributed by atoms with van der Waals surface area (Å²) in [5.74, 6) is 1.96. The van der Waals surface area contributed by atoms with Crippen molar-refractivity contribution in [1.29, 1.82) is 0 Å². The Bertz CT molecular complexity index is 1550. The third-order valence-corrected chi connectivity index (χ3v) is 6.64. The molecule has 1 aliphatic heterocycles. The van der Waals surface area contributed by atoms with Crippen LogP contribution >= 0.6 is 0 Å². The van der Waals surface area contributed by atoms with Crippen molar-refractivity contribution in [2.75, 3.05) is 27.9 Å². The summed E-state index contributed by atoms with van der Waals surface area (Å²) < 4.78 is 27.4. The number of nitrogens with zero attached hydrogens (tertiary/aromatic N) is 3. The van der Waals surface area contributed by atoms with E-state index in [2.05, 4.69) is 4.57 Å². The lowest BCUT2D eigenvalue weighted by atomic mass is 10.0. The first-order chi connectivity index (χ1) is 16.9. The van der Waals surface area contributed by atoms with Crippen LogP contribution in [0.1, 0.15) is 17.4 Å². The fourth-order valence-electron chi connectivity index (χ4n) is 4.90. The molecule has 0 saturated carbocycles. The SMILES string of the molecule is COc1ccc(-c2c3c(=O)n(C)c(=O)n(C)c3c3n2CCOC3c2ccc(OC)cc2OC)cc1. The van der Waals surface area contributed by atoms with E-state index in [1.807, 2.05) is 36.4 Å². The van der Waals surface area contributed by atoms with Gasteiger partial charge in [-0.15, -0.1) is 0 Å². The van der Waals surface area contributed by atoms with Crippen LogP contribution in [-0.2, 0) is 25.4 Å². The molecule has 0 bridgehead atoms. The summed E-state index contributed by atoms with van der Waals surface area (Å²) in [6.07, 6.45) is -0.559. The topological polar surface area (TPSA) is 85.9 Å². The van der Waals surface area contributed by atoms with Crippen molar-refractivity contribution in [2.24, 2.45) is 14.1 Å². The molecule has 182 valence electrons. The summed E-state index contributed by atoms with van der Waals surface area (Å²) >= 11 is 0. The number of aromatic nitrogens is 3. The molecule has 1 atom stereocenters. The lowest BCUT2D eigenvalue weighted by Gasteiger charge is -2.28. The Kier molecular flexibility index (Phi) is 5.64. The molecule has 5 rings (SSSR count). The molecule has 2 aromatic heterocycles. The highest BCUT2D eigenvalue weighted by molar-refractivity contribution is 5.96. The highest BCUT2D eigenvalue weighted by atomic mass is 16.5. The molecule has 0 saturated heterocycles. The predicted octanol–water partition coefficient (Wildman–Crippen LogP) is 2.85. The minimum atomic E-state index is -0.559. The van der Waals surface area contributed by atoms with Crippen LogP contribution in [0.4, 0.5) is 0 Å². The molecule has 0 fully saturated rings. The van der Waals surface area contributed by atoms with E-state index in [1.54, 1.807) is 34.4 Å². The minimum Gasteiger partial charge on any atom is -0.497 e. The van der Waals surface area contributed by atoms with Crippen molar-refractivity contribution in [1.82, 2.24) is 13.7 Å². The fraction of sp³-hybridized carbons (Fsp3) is 0.308. The second-order valence-corrected chi connectivity index (χ2v) is 8.40. The van der Waals surface area contributed by atoms with Gasteiger partial charge >= 0.3 is 5.69 Å². The second-order valence-electron chi connectivity index (χ2n) is 8.40. The lowest BCUT2D eigenvalue weighted by Crippen LogP contribution is -2.37. The predicted molar refractivity (Wildman–Crippen MR) is 132 cm³/mol. The number of aryl methyl sites for hydroxylation is 1. The van der Waals surface area contributed by atoms with Crippen molar-refractivity contribution in [3.8, 4) is 28.5 Å². The second kappa shape index (κ2) is 8.66. The van der Waals surface area contributed by atoms with Crippen LogP contribution in [0.2, 0.25) is 0 Å². The van der Waals surface area contributed by atoms with Gasteiger partial charge < -0.3 is 23.5 Å². The molecule has 3 heterocycles. The molecule has 1 aliphatic rings. The summed E-state index contributed by atoms with van der Waals surface area (Å²) in [7, 11) is 7.97. The molecule has 1 unspecified atom stereocenters. The smallest absolute Gasteiger partial charge is 0.331 e. The van der Waals surface area contributed by atoms with Crippen molar-refractivity contribution >= 4 is 10.9 Å². The van der Waals surface area contributed by atoms with E-state index < -0.39 is 11.8 Å².